The van der Waals surface area contributed by atoms with E-state index in [1.165, 1.54) is 26.2 Å². The Hall–Kier alpha value is -0.100. The maximum atomic E-state index is 10.6. The Morgan fingerprint density at radius 2 is 2.00 bits per heavy atom. The summed E-state index contributed by atoms with van der Waals surface area (Å²) in [5.41, 5.74) is 0. The highest BCUT2D eigenvalue weighted by Gasteiger charge is 2.14. The van der Waals surface area contributed by atoms with Crippen LogP contribution in [-0.2, 0) is 9.53 Å². The van der Waals surface area contributed by atoms with Gasteiger partial charge in [0, 0.05) is 6.92 Å². The van der Waals surface area contributed by atoms with Crippen molar-refractivity contribution >= 4 is 14.6 Å². The third-order valence-corrected chi connectivity index (χ3v) is 4.70. The van der Waals surface area contributed by atoms with E-state index in [-0.39, 0.29) is 5.97 Å². The maximum absolute atomic E-state index is 10.6. The molecule has 2 unspecified atom stereocenters. The largest absolute Gasteiger partial charge is 0.466 e. The van der Waals surface area contributed by atoms with Crippen LogP contribution in [0, 0.1) is 5.92 Å². The van der Waals surface area contributed by atoms with Crippen molar-refractivity contribution < 1.29 is 9.53 Å². The Morgan fingerprint density at radius 3 is 2.50 bits per heavy atom. The molecule has 0 N–H and O–H groups in total. The number of carbonyl (C=O) groups is 1. The van der Waals surface area contributed by atoms with E-state index in [1.54, 1.807) is 0 Å². The molecular weight excluding hydrogens is 219 g/mol. The zero-order valence-electron chi connectivity index (χ0n) is 11.4. The van der Waals surface area contributed by atoms with Crippen LogP contribution < -0.4 is 0 Å². The normalized spacial score (nSPS) is 14.3. The van der Waals surface area contributed by atoms with E-state index in [0.717, 1.165) is 15.0 Å². The first-order valence-electron chi connectivity index (χ1n) is 6.19. The molecule has 0 aromatic carbocycles. The van der Waals surface area contributed by atoms with Crippen molar-refractivity contribution in [3.05, 3.63) is 0 Å². The third-order valence-electron chi connectivity index (χ3n) is 3.09. The average molecular weight is 246 g/mol. The van der Waals surface area contributed by atoms with Gasteiger partial charge in [-0.2, -0.15) is 0 Å². The van der Waals surface area contributed by atoms with Crippen LogP contribution in [0.25, 0.3) is 0 Å². The van der Waals surface area contributed by atoms with Crippen molar-refractivity contribution in [2.75, 3.05) is 13.3 Å². The summed E-state index contributed by atoms with van der Waals surface area (Å²) in [5, 5.41) is 0.510. The van der Waals surface area contributed by atoms with Crippen LogP contribution in [0.4, 0.5) is 0 Å². The highest BCUT2D eigenvalue weighted by atomic mass is 31.1. The molecule has 96 valence electrons. The fourth-order valence-electron chi connectivity index (χ4n) is 1.57. The average Bonchev–Trinajstić information content (AvgIpc) is 2.17. The number of hydrogen-bond acceptors (Lipinski definition) is 2. The molecule has 0 bridgehead atoms. The van der Waals surface area contributed by atoms with Crippen molar-refractivity contribution in [2.45, 2.75) is 58.5 Å². The summed E-state index contributed by atoms with van der Waals surface area (Å²) >= 11 is 0. The van der Waals surface area contributed by atoms with Gasteiger partial charge in [0.05, 0.1) is 6.61 Å². The first-order chi connectivity index (χ1) is 7.37. The van der Waals surface area contributed by atoms with Gasteiger partial charge in [0.1, 0.15) is 0 Å². The van der Waals surface area contributed by atoms with Crippen LogP contribution in [0.3, 0.4) is 0 Å². The third kappa shape index (κ3) is 9.15. The van der Waals surface area contributed by atoms with Crippen LogP contribution >= 0.6 is 8.58 Å². The molecule has 0 amide bonds. The number of rotatable bonds is 8. The van der Waals surface area contributed by atoms with E-state index in [9.17, 15) is 4.79 Å². The van der Waals surface area contributed by atoms with Gasteiger partial charge in [0.15, 0.2) is 0 Å². The summed E-state index contributed by atoms with van der Waals surface area (Å²) in [6.45, 7) is 11.3. The van der Waals surface area contributed by atoms with Gasteiger partial charge in [-0.15, -0.1) is 8.58 Å². The second-order valence-electron chi connectivity index (χ2n) is 5.26. The molecule has 0 rings (SSSR count). The van der Waals surface area contributed by atoms with Crippen LogP contribution in [0.5, 0.6) is 0 Å². The van der Waals surface area contributed by atoms with Gasteiger partial charge in [-0.25, -0.2) is 0 Å². The van der Waals surface area contributed by atoms with Gasteiger partial charge in [-0.3, -0.25) is 4.79 Å². The van der Waals surface area contributed by atoms with Crippen LogP contribution in [0.2, 0.25) is 0 Å². The molecule has 0 heterocycles. The molecule has 0 aliphatic rings. The first kappa shape index (κ1) is 15.9. The van der Waals surface area contributed by atoms with E-state index in [1.807, 2.05) is 0 Å². The molecule has 2 atom stereocenters. The molecule has 2 nitrogen and oxygen atoms in total. The van der Waals surface area contributed by atoms with Crippen LogP contribution in [0.1, 0.15) is 53.4 Å². The predicted molar refractivity (Wildman–Crippen MR) is 72.6 cm³/mol. The van der Waals surface area contributed by atoms with E-state index >= 15 is 0 Å². The van der Waals surface area contributed by atoms with Gasteiger partial charge in [0.25, 0.3) is 0 Å². The fraction of sp³-hybridized carbons (Fsp3) is 0.923. The number of esters is 1. The summed E-state index contributed by atoms with van der Waals surface area (Å²) in [6, 6.07) is 0. The zero-order chi connectivity index (χ0) is 12.6. The van der Waals surface area contributed by atoms with Gasteiger partial charge in [-0.1, -0.05) is 33.6 Å². The predicted octanol–water partition coefficient (Wildman–Crippen LogP) is 3.83. The maximum Gasteiger partial charge on any atom is 0.302 e. The number of ether oxygens (including phenoxy) is 1. The molecule has 0 saturated carbocycles. The summed E-state index contributed by atoms with van der Waals surface area (Å²) in [6.07, 6.45) is 4.83. The zero-order valence-corrected chi connectivity index (χ0v) is 12.4. The SMILES string of the molecule is CPC(C)(C)CCCC(C)CCOC(C)=O. The van der Waals surface area contributed by atoms with Gasteiger partial charge < -0.3 is 4.74 Å². The second-order valence-corrected chi connectivity index (χ2v) is 7.11. The Labute approximate surface area is 102 Å². The monoisotopic (exact) mass is 246 g/mol. The molecule has 0 spiro atoms. The molecule has 0 radical (unpaired) electrons. The quantitative estimate of drug-likeness (QED) is 0.480. The van der Waals surface area contributed by atoms with Crippen molar-refractivity contribution in [1.29, 1.82) is 0 Å². The standard InChI is InChI=1S/C13H27O2P/c1-11(8-10-15-12(2)14)7-6-9-13(3,4)16-5/h11,16H,6-10H2,1-5H3. The lowest BCUT2D eigenvalue weighted by molar-refractivity contribution is -0.141. The first-order valence-corrected chi connectivity index (χ1v) is 7.69. The second kappa shape index (κ2) is 8.06. The highest BCUT2D eigenvalue weighted by Crippen LogP contribution is 2.33. The Balaban J connectivity index is 3.50. The number of hydrogen-bond donors (Lipinski definition) is 0. The molecule has 0 aromatic rings. The lowest BCUT2D eigenvalue weighted by atomic mass is 9.97. The van der Waals surface area contributed by atoms with Crippen molar-refractivity contribution in [2.24, 2.45) is 5.92 Å². The van der Waals surface area contributed by atoms with E-state index in [0.29, 0.717) is 17.7 Å². The lowest BCUT2D eigenvalue weighted by Crippen LogP contribution is -2.12. The topological polar surface area (TPSA) is 26.3 Å². The summed E-state index contributed by atoms with van der Waals surface area (Å²) in [5.74, 6) is 0.496. The molecule has 0 aliphatic carbocycles. The minimum atomic E-state index is -0.166. The Morgan fingerprint density at radius 1 is 1.38 bits per heavy atom. The minimum absolute atomic E-state index is 0.166. The molecule has 0 aliphatic heterocycles. The molecule has 16 heavy (non-hydrogen) atoms. The van der Waals surface area contributed by atoms with Crippen LogP contribution in [-0.4, -0.2) is 24.4 Å². The van der Waals surface area contributed by atoms with Gasteiger partial charge in [0.2, 0.25) is 0 Å². The minimum Gasteiger partial charge on any atom is -0.466 e. The summed E-state index contributed by atoms with van der Waals surface area (Å²) in [4.78, 5) is 10.6. The van der Waals surface area contributed by atoms with Crippen molar-refractivity contribution in [3.63, 3.8) is 0 Å². The Bertz CT molecular complexity index is 202. The number of carbonyl (C=O) groups excluding carboxylic acids is 1. The molecule has 3 heteroatoms. The summed E-state index contributed by atoms with van der Waals surface area (Å²) in [7, 11) is 1.02. The molecule has 0 aromatic heterocycles. The van der Waals surface area contributed by atoms with Gasteiger partial charge >= 0.3 is 5.97 Å². The smallest absolute Gasteiger partial charge is 0.302 e. The van der Waals surface area contributed by atoms with Crippen molar-refractivity contribution in [1.82, 2.24) is 0 Å². The fourth-order valence-corrected chi connectivity index (χ4v) is 1.99. The van der Waals surface area contributed by atoms with Crippen LogP contribution in [0.15, 0.2) is 0 Å². The Kier molecular flexibility index (Phi) is 8.01. The van der Waals surface area contributed by atoms with Gasteiger partial charge in [-0.05, 0) is 30.6 Å². The van der Waals surface area contributed by atoms with E-state index in [2.05, 4.69) is 27.4 Å². The van der Waals surface area contributed by atoms with E-state index < -0.39 is 0 Å². The molecular formula is C13H27O2P. The highest BCUT2D eigenvalue weighted by molar-refractivity contribution is 7.38. The van der Waals surface area contributed by atoms with E-state index in [4.69, 9.17) is 4.74 Å². The molecule has 0 saturated heterocycles. The lowest BCUT2D eigenvalue weighted by Gasteiger charge is -2.23. The van der Waals surface area contributed by atoms with Crippen molar-refractivity contribution in [3.8, 4) is 0 Å². The molecule has 0 fully saturated rings. The summed E-state index contributed by atoms with van der Waals surface area (Å²) < 4.78 is 4.94.